The lowest BCUT2D eigenvalue weighted by molar-refractivity contribution is -0.134. The molecule has 1 saturated heterocycles. The van der Waals surface area contributed by atoms with Gasteiger partial charge >= 0.3 is 0 Å². The highest BCUT2D eigenvalue weighted by Crippen LogP contribution is 2.27. The van der Waals surface area contributed by atoms with E-state index in [1.165, 1.54) is 19.1 Å². The second-order valence-corrected chi connectivity index (χ2v) is 9.14. The molecule has 2 rings (SSSR count). The summed E-state index contributed by atoms with van der Waals surface area (Å²) in [5.41, 5.74) is 0. The van der Waals surface area contributed by atoms with Crippen molar-refractivity contribution in [2.75, 3.05) is 38.7 Å². The standard InChI is InChI=1S/C16H30N4O3S/c1-17-16(18-9-5-11-24(2,22)23)19-14-8-10-20(12-14)15(21)13-6-3-4-7-13/h13-14H,3-12H2,1-2H3,(H2,17,18,19). The largest absolute Gasteiger partial charge is 0.356 e. The molecule has 1 aliphatic heterocycles. The van der Waals surface area contributed by atoms with Crippen molar-refractivity contribution in [2.45, 2.75) is 44.6 Å². The Morgan fingerprint density at radius 1 is 1.25 bits per heavy atom. The summed E-state index contributed by atoms with van der Waals surface area (Å²) >= 11 is 0. The van der Waals surface area contributed by atoms with Gasteiger partial charge in [0, 0.05) is 44.9 Å². The Labute approximate surface area is 145 Å². The predicted molar refractivity (Wildman–Crippen MR) is 95.8 cm³/mol. The van der Waals surface area contributed by atoms with Crippen LogP contribution >= 0.6 is 0 Å². The monoisotopic (exact) mass is 358 g/mol. The molecule has 1 aliphatic carbocycles. The summed E-state index contributed by atoms with van der Waals surface area (Å²) in [5, 5.41) is 6.47. The van der Waals surface area contributed by atoms with Crippen LogP contribution < -0.4 is 10.6 Å². The van der Waals surface area contributed by atoms with Crippen molar-refractivity contribution in [3.63, 3.8) is 0 Å². The molecule has 0 aromatic heterocycles. The molecular weight excluding hydrogens is 328 g/mol. The Morgan fingerprint density at radius 3 is 2.58 bits per heavy atom. The molecule has 2 N–H and O–H groups in total. The van der Waals surface area contributed by atoms with Crippen molar-refractivity contribution in [2.24, 2.45) is 10.9 Å². The number of carbonyl (C=O) groups is 1. The Kier molecular flexibility index (Phi) is 6.89. The van der Waals surface area contributed by atoms with E-state index in [4.69, 9.17) is 0 Å². The van der Waals surface area contributed by atoms with Gasteiger partial charge in [0.25, 0.3) is 0 Å². The Balaban J connectivity index is 1.71. The Bertz CT molecular complexity index is 556. The van der Waals surface area contributed by atoms with E-state index in [2.05, 4.69) is 15.6 Å². The second kappa shape index (κ2) is 8.69. The summed E-state index contributed by atoms with van der Waals surface area (Å²) in [6, 6.07) is 0.205. The number of amides is 1. The number of likely N-dealkylation sites (tertiary alicyclic amines) is 1. The second-order valence-electron chi connectivity index (χ2n) is 6.88. The van der Waals surface area contributed by atoms with Crippen LogP contribution in [0.3, 0.4) is 0 Å². The van der Waals surface area contributed by atoms with Crippen LogP contribution in [-0.2, 0) is 14.6 Å². The third-order valence-corrected chi connectivity index (χ3v) is 5.78. The van der Waals surface area contributed by atoms with E-state index in [9.17, 15) is 13.2 Å². The summed E-state index contributed by atoms with van der Waals surface area (Å²) in [4.78, 5) is 18.6. The molecule has 7 nitrogen and oxygen atoms in total. The van der Waals surface area contributed by atoms with Gasteiger partial charge in [0.1, 0.15) is 9.84 Å². The summed E-state index contributed by atoms with van der Waals surface area (Å²) < 4.78 is 22.2. The Morgan fingerprint density at radius 2 is 1.96 bits per heavy atom. The lowest BCUT2D eigenvalue weighted by Crippen LogP contribution is -2.45. The van der Waals surface area contributed by atoms with Gasteiger partial charge in [0.15, 0.2) is 5.96 Å². The van der Waals surface area contributed by atoms with E-state index >= 15 is 0 Å². The van der Waals surface area contributed by atoms with E-state index in [-0.39, 0.29) is 17.7 Å². The number of carbonyl (C=O) groups excluding carboxylic acids is 1. The molecule has 1 saturated carbocycles. The zero-order chi connectivity index (χ0) is 17.6. The van der Waals surface area contributed by atoms with Crippen molar-refractivity contribution in [3.05, 3.63) is 0 Å². The molecule has 1 amide bonds. The van der Waals surface area contributed by atoms with E-state index < -0.39 is 9.84 Å². The molecule has 2 fully saturated rings. The minimum atomic E-state index is -2.92. The smallest absolute Gasteiger partial charge is 0.225 e. The lowest BCUT2D eigenvalue weighted by atomic mass is 10.1. The number of rotatable bonds is 6. The molecule has 0 aromatic carbocycles. The van der Waals surface area contributed by atoms with Gasteiger partial charge in [-0.25, -0.2) is 8.42 Å². The van der Waals surface area contributed by atoms with Gasteiger partial charge in [-0.2, -0.15) is 0 Å². The van der Waals surface area contributed by atoms with Crippen molar-refractivity contribution >= 4 is 21.7 Å². The number of hydrogen-bond acceptors (Lipinski definition) is 4. The van der Waals surface area contributed by atoms with Gasteiger partial charge in [-0.1, -0.05) is 12.8 Å². The first kappa shape index (κ1) is 19.0. The zero-order valence-electron chi connectivity index (χ0n) is 14.8. The van der Waals surface area contributed by atoms with Crippen LogP contribution in [0.25, 0.3) is 0 Å². The van der Waals surface area contributed by atoms with Crippen molar-refractivity contribution in [1.29, 1.82) is 0 Å². The Hall–Kier alpha value is -1.31. The molecule has 0 spiro atoms. The lowest BCUT2D eigenvalue weighted by Gasteiger charge is -2.21. The number of hydrogen-bond donors (Lipinski definition) is 2. The van der Waals surface area contributed by atoms with Crippen LogP contribution in [0.1, 0.15) is 38.5 Å². The van der Waals surface area contributed by atoms with Gasteiger partial charge in [-0.3, -0.25) is 9.79 Å². The van der Waals surface area contributed by atoms with Crippen LogP contribution in [0.2, 0.25) is 0 Å². The zero-order valence-corrected chi connectivity index (χ0v) is 15.6. The topological polar surface area (TPSA) is 90.9 Å². The summed E-state index contributed by atoms with van der Waals surface area (Å²) in [5.74, 6) is 1.39. The molecular formula is C16H30N4O3S. The first-order valence-electron chi connectivity index (χ1n) is 8.83. The highest BCUT2D eigenvalue weighted by atomic mass is 32.2. The maximum absolute atomic E-state index is 12.4. The first-order chi connectivity index (χ1) is 11.4. The van der Waals surface area contributed by atoms with E-state index in [0.29, 0.717) is 24.8 Å². The molecule has 0 bridgehead atoms. The fourth-order valence-corrected chi connectivity index (χ4v) is 4.11. The van der Waals surface area contributed by atoms with Crippen LogP contribution in [0.4, 0.5) is 0 Å². The minimum absolute atomic E-state index is 0.171. The highest BCUT2D eigenvalue weighted by molar-refractivity contribution is 7.90. The average molecular weight is 359 g/mol. The molecule has 1 heterocycles. The number of nitrogens with one attached hydrogen (secondary N) is 2. The van der Waals surface area contributed by atoms with Crippen molar-refractivity contribution in [1.82, 2.24) is 15.5 Å². The fourth-order valence-electron chi connectivity index (χ4n) is 3.44. The number of nitrogens with zero attached hydrogens (tertiary/aromatic N) is 2. The fraction of sp³-hybridized carbons (Fsp3) is 0.875. The van der Waals surface area contributed by atoms with Gasteiger partial charge in [-0.05, 0) is 25.7 Å². The molecule has 2 aliphatic rings. The van der Waals surface area contributed by atoms with E-state index in [0.717, 1.165) is 32.4 Å². The predicted octanol–water partition coefficient (Wildman–Crippen LogP) is 0.377. The van der Waals surface area contributed by atoms with Crippen LogP contribution in [-0.4, -0.2) is 69.9 Å². The SMILES string of the molecule is CN=C(NCCCS(C)(=O)=O)NC1CCN(C(=O)C2CCCC2)C1. The molecule has 1 unspecified atom stereocenters. The van der Waals surface area contributed by atoms with Crippen LogP contribution in [0, 0.1) is 5.92 Å². The maximum Gasteiger partial charge on any atom is 0.225 e. The summed E-state index contributed by atoms with van der Waals surface area (Å²) in [6.45, 7) is 2.08. The van der Waals surface area contributed by atoms with Crippen molar-refractivity contribution < 1.29 is 13.2 Å². The van der Waals surface area contributed by atoms with Gasteiger partial charge in [0.05, 0.1) is 5.75 Å². The normalized spacial score (nSPS) is 22.8. The molecule has 1 atom stereocenters. The molecule has 24 heavy (non-hydrogen) atoms. The average Bonchev–Trinajstić information content (AvgIpc) is 3.20. The van der Waals surface area contributed by atoms with Gasteiger partial charge in [-0.15, -0.1) is 0 Å². The first-order valence-corrected chi connectivity index (χ1v) is 10.9. The van der Waals surface area contributed by atoms with Gasteiger partial charge in [0.2, 0.25) is 5.91 Å². The van der Waals surface area contributed by atoms with Crippen LogP contribution in [0.15, 0.2) is 4.99 Å². The number of sulfone groups is 1. The maximum atomic E-state index is 12.4. The van der Waals surface area contributed by atoms with E-state index in [1.54, 1.807) is 7.05 Å². The number of aliphatic imine (C=N–C) groups is 1. The minimum Gasteiger partial charge on any atom is -0.356 e. The molecule has 0 aromatic rings. The third-order valence-electron chi connectivity index (χ3n) is 4.75. The third kappa shape index (κ3) is 5.96. The molecule has 8 heteroatoms. The van der Waals surface area contributed by atoms with Crippen LogP contribution in [0.5, 0.6) is 0 Å². The highest BCUT2D eigenvalue weighted by Gasteiger charge is 2.32. The van der Waals surface area contributed by atoms with E-state index in [1.807, 2.05) is 4.90 Å². The van der Waals surface area contributed by atoms with Gasteiger partial charge < -0.3 is 15.5 Å². The summed E-state index contributed by atoms with van der Waals surface area (Å²) in [6.07, 6.45) is 7.15. The van der Waals surface area contributed by atoms with Crippen molar-refractivity contribution in [3.8, 4) is 0 Å². The molecule has 0 radical (unpaired) electrons. The quantitative estimate of drug-likeness (QED) is 0.407. The number of guanidine groups is 1. The summed E-state index contributed by atoms with van der Waals surface area (Å²) in [7, 11) is -1.22. The molecule has 138 valence electrons.